The summed E-state index contributed by atoms with van der Waals surface area (Å²) in [5.74, 6) is 0.475. The monoisotopic (exact) mass is 213 g/mol. The summed E-state index contributed by atoms with van der Waals surface area (Å²) in [6, 6.07) is 0.0845. The fourth-order valence-electron chi connectivity index (χ4n) is 3.00. The zero-order chi connectivity index (χ0) is 10.8. The number of nitrogens with one attached hydrogen (secondary N) is 1. The van der Waals surface area contributed by atoms with Crippen LogP contribution in [0.1, 0.15) is 25.7 Å². The Labute approximate surface area is 90.0 Å². The predicted molar refractivity (Wildman–Crippen MR) is 55.7 cm³/mol. The predicted octanol–water partition coefficient (Wildman–Crippen LogP) is 0.864. The summed E-state index contributed by atoms with van der Waals surface area (Å²) in [6.45, 7) is 0.808. The maximum Gasteiger partial charge on any atom is 0.320 e. The Hall–Kier alpha value is -0.610. The number of carboxylic acids is 1. The van der Waals surface area contributed by atoms with Crippen molar-refractivity contribution in [2.75, 3.05) is 13.7 Å². The van der Waals surface area contributed by atoms with Gasteiger partial charge < -0.3 is 15.2 Å². The standard InChI is InChI=1S/C11H19NO3/c1-15-6-7-2-3-8-5-10(11(13)14)12-9(8)4-7/h7-10,12H,2-6H2,1H3,(H,13,14). The van der Waals surface area contributed by atoms with Gasteiger partial charge in [-0.1, -0.05) is 0 Å². The van der Waals surface area contributed by atoms with Gasteiger partial charge in [0.1, 0.15) is 6.04 Å². The molecular weight excluding hydrogens is 194 g/mol. The van der Waals surface area contributed by atoms with Gasteiger partial charge >= 0.3 is 5.97 Å². The van der Waals surface area contributed by atoms with E-state index in [4.69, 9.17) is 9.84 Å². The van der Waals surface area contributed by atoms with Gasteiger partial charge in [0.05, 0.1) is 0 Å². The summed E-state index contributed by atoms with van der Waals surface area (Å²) in [5, 5.41) is 12.2. The molecule has 0 aromatic rings. The molecule has 0 aromatic carbocycles. The number of rotatable bonds is 3. The van der Waals surface area contributed by atoms with Crippen molar-refractivity contribution in [3.8, 4) is 0 Å². The van der Waals surface area contributed by atoms with E-state index in [0.29, 0.717) is 17.9 Å². The van der Waals surface area contributed by atoms with Crippen LogP contribution in [0.3, 0.4) is 0 Å². The van der Waals surface area contributed by atoms with E-state index in [1.165, 1.54) is 6.42 Å². The first-order valence-electron chi connectivity index (χ1n) is 5.68. The maximum atomic E-state index is 10.9. The molecule has 1 aliphatic carbocycles. The van der Waals surface area contributed by atoms with Crippen LogP contribution in [0.15, 0.2) is 0 Å². The second kappa shape index (κ2) is 4.49. The second-order valence-corrected chi connectivity index (χ2v) is 4.79. The highest BCUT2D eigenvalue weighted by Gasteiger charge is 2.40. The minimum atomic E-state index is -0.701. The average molecular weight is 213 g/mol. The van der Waals surface area contributed by atoms with Crippen LogP contribution in [0.5, 0.6) is 0 Å². The highest BCUT2D eigenvalue weighted by Crippen LogP contribution is 2.36. The van der Waals surface area contributed by atoms with Crippen molar-refractivity contribution in [2.45, 2.75) is 37.8 Å². The third kappa shape index (κ3) is 2.32. The van der Waals surface area contributed by atoms with E-state index in [0.717, 1.165) is 25.9 Å². The van der Waals surface area contributed by atoms with Gasteiger partial charge in [-0.25, -0.2) is 0 Å². The van der Waals surface area contributed by atoms with Crippen molar-refractivity contribution in [1.29, 1.82) is 0 Å². The summed E-state index contributed by atoms with van der Waals surface area (Å²) in [5.41, 5.74) is 0. The fraction of sp³-hybridized carbons (Fsp3) is 0.909. The number of hydrogen-bond acceptors (Lipinski definition) is 3. The lowest BCUT2D eigenvalue weighted by Crippen LogP contribution is -2.39. The van der Waals surface area contributed by atoms with E-state index in [1.54, 1.807) is 7.11 Å². The molecule has 2 aliphatic rings. The lowest BCUT2D eigenvalue weighted by molar-refractivity contribution is -0.139. The van der Waals surface area contributed by atoms with Crippen molar-refractivity contribution in [2.24, 2.45) is 11.8 Å². The minimum Gasteiger partial charge on any atom is -0.480 e. The third-order valence-corrected chi connectivity index (χ3v) is 3.76. The number of methoxy groups -OCH3 is 1. The molecule has 0 bridgehead atoms. The molecule has 2 rings (SSSR count). The van der Waals surface area contributed by atoms with Crippen LogP contribution in [-0.2, 0) is 9.53 Å². The smallest absolute Gasteiger partial charge is 0.320 e. The van der Waals surface area contributed by atoms with Crippen LogP contribution in [-0.4, -0.2) is 36.9 Å². The molecule has 4 nitrogen and oxygen atoms in total. The van der Waals surface area contributed by atoms with E-state index in [9.17, 15) is 4.79 Å². The lowest BCUT2D eigenvalue weighted by atomic mass is 9.79. The molecule has 0 amide bonds. The average Bonchev–Trinajstić information content (AvgIpc) is 2.61. The van der Waals surface area contributed by atoms with Crippen LogP contribution in [0.25, 0.3) is 0 Å². The minimum absolute atomic E-state index is 0.318. The fourth-order valence-corrected chi connectivity index (χ4v) is 3.00. The molecule has 0 radical (unpaired) electrons. The van der Waals surface area contributed by atoms with Crippen molar-refractivity contribution < 1.29 is 14.6 Å². The number of aliphatic carboxylic acids is 1. The molecule has 86 valence electrons. The summed E-state index contributed by atoms with van der Waals surface area (Å²) >= 11 is 0. The highest BCUT2D eigenvalue weighted by atomic mass is 16.5. The Morgan fingerprint density at radius 2 is 2.27 bits per heavy atom. The number of ether oxygens (including phenoxy) is 1. The molecule has 2 fully saturated rings. The SMILES string of the molecule is COCC1CCC2CC(C(=O)O)NC2C1. The molecule has 4 unspecified atom stereocenters. The first kappa shape index (κ1) is 10.9. The molecule has 4 heteroatoms. The second-order valence-electron chi connectivity index (χ2n) is 4.79. The lowest BCUT2D eigenvalue weighted by Gasteiger charge is -2.31. The Morgan fingerprint density at radius 1 is 1.47 bits per heavy atom. The molecule has 15 heavy (non-hydrogen) atoms. The van der Waals surface area contributed by atoms with Crippen LogP contribution >= 0.6 is 0 Å². The van der Waals surface area contributed by atoms with Gasteiger partial charge in [-0.15, -0.1) is 0 Å². The van der Waals surface area contributed by atoms with Crippen molar-refractivity contribution in [3.63, 3.8) is 0 Å². The van der Waals surface area contributed by atoms with Gasteiger partial charge in [0.2, 0.25) is 0 Å². The van der Waals surface area contributed by atoms with E-state index in [2.05, 4.69) is 5.32 Å². The summed E-state index contributed by atoms with van der Waals surface area (Å²) in [7, 11) is 1.73. The normalized spacial score (nSPS) is 40.1. The molecule has 1 saturated heterocycles. The van der Waals surface area contributed by atoms with Crippen molar-refractivity contribution >= 4 is 5.97 Å². The number of hydrogen-bond donors (Lipinski definition) is 2. The van der Waals surface area contributed by atoms with Gasteiger partial charge in [-0.3, -0.25) is 4.79 Å². The van der Waals surface area contributed by atoms with E-state index >= 15 is 0 Å². The van der Waals surface area contributed by atoms with E-state index < -0.39 is 5.97 Å². The molecule has 0 aromatic heterocycles. The molecule has 0 spiro atoms. The summed E-state index contributed by atoms with van der Waals surface area (Å²) in [6.07, 6.45) is 4.21. The Bertz CT molecular complexity index is 244. The molecule has 2 N–H and O–H groups in total. The first-order chi connectivity index (χ1) is 7.20. The van der Waals surface area contributed by atoms with Crippen molar-refractivity contribution in [3.05, 3.63) is 0 Å². The maximum absolute atomic E-state index is 10.9. The van der Waals surface area contributed by atoms with Crippen molar-refractivity contribution in [1.82, 2.24) is 5.32 Å². The van der Waals surface area contributed by atoms with E-state index in [1.807, 2.05) is 0 Å². The third-order valence-electron chi connectivity index (χ3n) is 3.76. The molecule has 1 aliphatic heterocycles. The zero-order valence-corrected chi connectivity index (χ0v) is 9.11. The van der Waals surface area contributed by atoms with Crippen LogP contribution in [0.2, 0.25) is 0 Å². The van der Waals surface area contributed by atoms with Crippen LogP contribution in [0.4, 0.5) is 0 Å². The Kier molecular flexibility index (Phi) is 3.26. The first-order valence-corrected chi connectivity index (χ1v) is 5.68. The topological polar surface area (TPSA) is 58.6 Å². The number of fused-ring (bicyclic) bond motifs is 1. The van der Waals surface area contributed by atoms with Crippen LogP contribution < -0.4 is 5.32 Å². The largest absolute Gasteiger partial charge is 0.480 e. The highest BCUT2D eigenvalue weighted by molar-refractivity contribution is 5.74. The summed E-state index contributed by atoms with van der Waals surface area (Å²) in [4.78, 5) is 10.9. The van der Waals surface area contributed by atoms with Gasteiger partial charge in [-0.2, -0.15) is 0 Å². The number of carbonyl (C=O) groups is 1. The Morgan fingerprint density at radius 3 is 2.93 bits per heavy atom. The van der Waals surface area contributed by atoms with Gasteiger partial charge in [0.15, 0.2) is 0 Å². The van der Waals surface area contributed by atoms with Gasteiger partial charge in [-0.05, 0) is 37.5 Å². The van der Waals surface area contributed by atoms with Crippen LogP contribution in [0, 0.1) is 11.8 Å². The number of carboxylic acid groups (broad SMARTS) is 1. The van der Waals surface area contributed by atoms with Gasteiger partial charge in [0.25, 0.3) is 0 Å². The van der Waals surface area contributed by atoms with E-state index in [-0.39, 0.29) is 6.04 Å². The molecule has 1 heterocycles. The zero-order valence-electron chi connectivity index (χ0n) is 9.11. The van der Waals surface area contributed by atoms with Gasteiger partial charge in [0, 0.05) is 19.8 Å². The quantitative estimate of drug-likeness (QED) is 0.730. The molecule has 1 saturated carbocycles. The molecular formula is C11H19NO3. The summed E-state index contributed by atoms with van der Waals surface area (Å²) < 4.78 is 5.16. The Balaban J connectivity index is 1.89. The molecule has 4 atom stereocenters.